The number of hydrogen-bond donors (Lipinski definition) is 1. The molecule has 1 aliphatic rings. The Labute approximate surface area is 111 Å². The van der Waals surface area contributed by atoms with Gasteiger partial charge in [0.05, 0.1) is 0 Å². The molecule has 100 valence electrons. The molecule has 1 aromatic rings. The highest BCUT2D eigenvalue weighted by Gasteiger charge is 2.24. The lowest BCUT2D eigenvalue weighted by atomic mass is 9.98. The van der Waals surface area contributed by atoms with Crippen molar-refractivity contribution in [2.24, 2.45) is 5.92 Å². The van der Waals surface area contributed by atoms with Crippen molar-refractivity contribution in [3.05, 3.63) is 30.3 Å². The van der Waals surface area contributed by atoms with E-state index in [-0.39, 0.29) is 0 Å². The van der Waals surface area contributed by atoms with Crippen molar-refractivity contribution in [1.29, 1.82) is 0 Å². The molecule has 0 aromatic heterocycles. The van der Waals surface area contributed by atoms with Gasteiger partial charge in [-0.3, -0.25) is 0 Å². The lowest BCUT2D eigenvalue weighted by Crippen LogP contribution is -2.40. The number of nitrogens with one attached hydrogen (secondary N) is 1. The lowest BCUT2D eigenvalue weighted by molar-refractivity contribution is 0.217. The first-order chi connectivity index (χ1) is 8.90. The highest BCUT2D eigenvalue weighted by Crippen LogP contribution is 2.28. The number of ether oxygens (including phenoxy) is 1. The Morgan fingerprint density at radius 3 is 2.61 bits per heavy atom. The van der Waals surface area contributed by atoms with Crippen LogP contribution in [-0.4, -0.2) is 19.2 Å². The normalized spacial score (nSPS) is 17.8. The molecule has 0 heterocycles. The van der Waals surface area contributed by atoms with Crippen molar-refractivity contribution in [3.8, 4) is 5.75 Å². The van der Waals surface area contributed by atoms with Crippen LogP contribution in [-0.2, 0) is 0 Å². The zero-order valence-electron chi connectivity index (χ0n) is 11.4. The summed E-state index contributed by atoms with van der Waals surface area (Å²) in [6.45, 7) is 4.12. The van der Waals surface area contributed by atoms with Crippen molar-refractivity contribution < 1.29 is 4.74 Å². The summed E-state index contributed by atoms with van der Waals surface area (Å²) >= 11 is 0. The molecule has 2 heteroatoms. The van der Waals surface area contributed by atoms with E-state index in [2.05, 4.69) is 12.2 Å². The van der Waals surface area contributed by atoms with Crippen molar-refractivity contribution in [2.45, 2.75) is 45.1 Å². The van der Waals surface area contributed by atoms with E-state index >= 15 is 0 Å². The molecular weight excluding hydrogens is 222 g/mol. The van der Waals surface area contributed by atoms with Crippen LogP contribution in [0.1, 0.15) is 39.0 Å². The van der Waals surface area contributed by atoms with Crippen LogP contribution < -0.4 is 10.1 Å². The van der Waals surface area contributed by atoms with Gasteiger partial charge in [0.2, 0.25) is 0 Å². The first-order valence-corrected chi connectivity index (χ1v) is 7.31. The molecule has 1 fully saturated rings. The fourth-order valence-electron chi connectivity index (χ4n) is 2.75. The van der Waals surface area contributed by atoms with Crippen LogP contribution in [0.3, 0.4) is 0 Å². The first kappa shape index (κ1) is 13.4. The topological polar surface area (TPSA) is 21.3 Å². The maximum Gasteiger partial charge on any atom is 0.119 e. The third-order valence-corrected chi connectivity index (χ3v) is 3.80. The minimum atomic E-state index is 0.521. The fraction of sp³-hybridized carbons (Fsp3) is 0.625. The maximum absolute atomic E-state index is 5.92. The average molecular weight is 247 g/mol. The van der Waals surface area contributed by atoms with E-state index in [1.807, 2.05) is 30.3 Å². The number of benzene rings is 1. The smallest absolute Gasteiger partial charge is 0.119 e. The monoisotopic (exact) mass is 247 g/mol. The summed E-state index contributed by atoms with van der Waals surface area (Å²) in [5, 5.41) is 3.66. The standard InChI is InChI=1S/C16H25NO/c1-2-12-17-16(14-8-6-7-9-14)13-18-15-10-4-3-5-11-15/h3-5,10-11,14,16-17H,2,6-9,12-13H2,1H3. The molecule has 1 unspecified atom stereocenters. The van der Waals surface area contributed by atoms with Crippen LogP contribution in [0.2, 0.25) is 0 Å². The summed E-state index contributed by atoms with van der Waals surface area (Å²) in [5.74, 6) is 1.79. The first-order valence-electron chi connectivity index (χ1n) is 7.31. The van der Waals surface area contributed by atoms with Crippen LogP contribution in [0.5, 0.6) is 5.75 Å². The van der Waals surface area contributed by atoms with Gasteiger partial charge in [-0.15, -0.1) is 0 Å². The molecule has 18 heavy (non-hydrogen) atoms. The summed E-state index contributed by atoms with van der Waals surface area (Å²) < 4.78 is 5.92. The van der Waals surface area contributed by atoms with Gasteiger partial charge in [-0.1, -0.05) is 38.0 Å². The van der Waals surface area contributed by atoms with Crippen molar-refractivity contribution >= 4 is 0 Å². The molecule has 2 nitrogen and oxygen atoms in total. The second-order valence-corrected chi connectivity index (χ2v) is 5.23. The van der Waals surface area contributed by atoms with Gasteiger partial charge in [-0.25, -0.2) is 0 Å². The Balaban J connectivity index is 1.84. The van der Waals surface area contributed by atoms with Crippen LogP contribution in [0.4, 0.5) is 0 Å². The zero-order valence-corrected chi connectivity index (χ0v) is 11.4. The van der Waals surface area contributed by atoms with Crippen LogP contribution >= 0.6 is 0 Å². The predicted octanol–water partition coefficient (Wildman–Crippen LogP) is 3.62. The fourth-order valence-corrected chi connectivity index (χ4v) is 2.75. The molecule has 1 aromatic carbocycles. The summed E-state index contributed by atoms with van der Waals surface area (Å²) in [7, 11) is 0. The van der Waals surface area contributed by atoms with Gasteiger partial charge in [0, 0.05) is 6.04 Å². The number of para-hydroxylation sites is 1. The molecule has 0 saturated heterocycles. The zero-order chi connectivity index (χ0) is 12.6. The summed E-state index contributed by atoms with van der Waals surface area (Å²) in [6.07, 6.45) is 6.69. The van der Waals surface area contributed by atoms with Gasteiger partial charge < -0.3 is 10.1 Å². The number of hydrogen-bond acceptors (Lipinski definition) is 2. The van der Waals surface area contributed by atoms with Crippen molar-refractivity contribution in [3.63, 3.8) is 0 Å². The molecule has 0 radical (unpaired) electrons. The summed E-state index contributed by atoms with van der Waals surface area (Å²) in [4.78, 5) is 0. The quantitative estimate of drug-likeness (QED) is 0.794. The highest BCUT2D eigenvalue weighted by atomic mass is 16.5. The maximum atomic E-state index is 5.92. The number of rotatable bonds is 7. The Morgan fingerprint density at radius 2 is 1.94 bits per heavy atom. The van der Waals surface area contributed by atoms with Gasteiger partial charge in [0.1, 0.15) is 12.4 Å². The van der Waals surface area contributed by atoms with Gasteiger partial charge in [0.25, 0.3) is 0 Å². The molecule has 1 saturated carbocycles. The molecule has 0 aliphatic heterocycles. The lowest BCUT2D eigenvalue weighted by Gasteiger charge is -2.24. The summed E-state index contributed by atoms with van der Waals surface area (Å²) in [6, 6.07) is 10.7. The van der Waals surface area contributed by atoms with Crippen LogP contribution in [0, 0.1) is 5.92 Å². The molecule has 0 amide bonds. The third-order valence-electron chi connectivity index (χ3n) is 3.80. The van der Waals surface area contributed by atoms with E-state index in [9.17, 15) is 0 Å². The van der Waals surface area contributed by atoms with E-state index in [0.717, 1.165) is 24.8 Å². The second-order valence-electron chi connectivity index (χ2n) is 5.23. The second kappa shape index (κ2) is 7.42. The minimum absolute atomic E-state index is 0.521. The van der Waals surface area contributed by atoms with E-state index in [1.165, 1.54) is 32.1 Å². The molecule has 1 N–H and O–H groups in total. The molecular formula is C16H25NO. The highest BCUT2D eigenvalue weighted by molar-refractivity contribution is 5.20. The molecule has 1 atom stereocenters. The largest absolute Gasteiger partial charge is 0.492 e. The van der Waals surface area contributed by atoms with Crippen LogP contribution in [0.25, 0.3) is 0 Å². The van der Waals surface area contributed by atoms with E-state index in [0.29, 0.717) is 6.04 Å². The Hall–Kier alpha value is -1.02. The summed E-state index contributed by atoms with van der Waals surface area (Å²) in [5.41, 5.74) is 0. The average Bonchev–Trinajstić information content (AvgIpc) is 2.94. The van der Waals surface area contributed by atoms with Crippen molar-refractivity contribution in [2.75, 3.05) is 13.2 Å². The van der Waals surface area contributed by atoms with Gasteiger partial charge in [0.15, 0.2) is 0 Å². The molecule has 0 spiro atoms. The van der Waals surface area contributed by atoms with Crippen molar-refractivity contribution in [1.82, 2.24) is 5.32 Å². The third kappa shape index (κ3) is 4.02. The van der Waals surface area contributed by atoms with Crippen LogP contribution in [0.15, 0.2) is 30.3 Å². The van der Waals surface area contributed by atoms with Gasteiger partial charge >= 0.3 is 0 Å². The molecule has 1 aliphatic carbocycles. The van der Waals surface area contributed by atoms with Gasteiger partial charge in [-0.05, 0) is 43.9 Å². The Kier molecular flexibility index (Phi) is 5.53. The van der Waals surface area contributed by atoms with E-state index < -0.39 is 0 Å². The van der Waals surface area contributed by atoms with E-state index in [4.69, 9.17) is 4.74 Å². The minimum Gasteiger partial charge on any atom is -0.492 e. The molecule has 2 rings (SSSR count). The molecule has 0 bridgehead atoms. The Bertz CT molecular complexity index is 319. The van der Waals surface area contributed by atoms with E-state index in [1.54, 1.807) is 0 Å². The van der Waals surface area contributed by atoms with Gasteiger partial charge in [-0.2, -0.15) is 0 Å². The Morgan fingerprint density at radius 1 is 1.22 bits per heavy atom. The SMILES string of the molecule is CCCNC(COc1ccccc1)C1CCCC1. The predicted molar refractivity (Wildman–Crippen MR) is 76.0 cm³/mol.